The van der Waals surface area contributed by atoms with E-state index in [0.717, 1.165) is 35.3 Å². The van der Waals surface area contributed by atoms with Crippen LogP contribution in [0.2, 0.25) is 0 Å². The number of pyridine rings is 2. The molecule has 0 radical (unpaired) electrons. The van der Waals surface area contributed by atoms with E-state index >= 15 is 0 Å². The number of hydrogen-bond acceptors (Lipinski definition) is 4. The molecule has 0 bridgehead atoms. The zero-order valence-corrected chi connectivity index (χ0v) is 20.5. The van der Waals surface area contributed by atoms with Crippen LogP contribution in [-0.4, -0.2) is 35.4 Å². The van der Waals surface area contributed by atoms with Crippen LogP contribution in [0.1, 0.15) is 81.5 Å². The topological polar surface area (TPSA) is 66.4 Å². The average Bonchev–Trinajstić information content (AvgIpc) is 3.58. The molecule has 6 heteroatoms. The Hall–Kier alpha value is -2.76. The lowest BCUT2D eigenvalue weighted by Crippen LogP contribution is -2.35. The highest BCUT2D eigenvalue weighted by atomic mass is 16.2. The molecule has 172 valence electrons. The third-order valence-corrected chi connectivity index (χ3v) is 6.28. The summed E-state index contributed by atoms with van der Waals surface area (Å²) in [5, 5.41) is 0. The Morgan fingerprint density at radius 2 is 1.59 bits per heavy atom. The molecule has 2 heterocycles. The molecule has 1 aliphatic rings. The number of nitrogens with zero attached hydrogens (tertiary/aromatic N) is 4. The first-order chi connectivity index (χ1) is 15.1. The van der Waals surface area contributed by atoms with E-state index in [4.69, 9.17) is 0 Å². The Balaban J connectivity index is 1.91. The lowest BCUT2D eigenvalue weighted by Gasteiger charge is -2.25. The average molecular weight is 437 g/mol. The van der Waals surface area contributed by atoms with Crippen molar-refractivity contribution >= 4 is 23.5 Å². The second-order valence-electron chi connectivity index (χ2n) is 9.54. The minimum Gasteiger partial charge on any atom is -0.300 e. The van der Waals surface area contributed by atoms with Crippen molar-refractivity contribution in [2.75, 3.05) is 23.4 Å². The molecule has 0 atom stereocenters. The molecular weight excluding hydrogens is 400 g/mol. The van der Waals surface area contributed by atoms with Crippen LogP contribution in [0.4, 0.5) is 11.6 Å². The molecule has 0 aliphatic heterocycles. The predicted molar refractivity (Wildman–Crippen MR) is 129 cm³/mol. The van der Waals surface area contributed by atoms with Gasteiger partial charge >= 0.3 is 0 Å². The van der Waals surface area contributed by atoms with Gasteiger partial charge in [0, 0.05) is 38.8 Å². The Labute approximate surface area is 192 Å². The second-order valence-corrected chi connectivity index (χ2v) is 9.54. The van der Waals surface area contributed by atoms with Gasteiger partial charge in [0.05, 0.1) is 0 Å². The zero-order valence-electron chi connectivity index (χ0n) is 20.5. The lowest BCUT2D eigenvalue weighted by atomic mass is 9.97. The van der Waals surface area contributed by atoms with Gasteiger partial charge in [0.2, 0.25) is 11.8 Å². The summed E-state index contributed by atoms with van der Waals surface area (Å²) < 4.78 is 0. The van der Waals surface area contributed by atoms with E-state index in [1.54, 1.807) is 11.9 Å². The number of amides is 2. The normalized spacial score (nSPS) is 13.5. The lowest BCUT2D eigenvalue weighted by molar-refractivity contribution is -0.120. The van der Waals surface area contributed by atoms with E-state index in [-0.39, 0.29) is 17.7 Å². The molecule has 0 unspecified atom stereocenters. The number of anilines is 2. The molecule has 0 N–H and O–H groups in total. The summed E-state index contributed by atoms with van der Waals surface area (Å²) in [5.74, 6) is 2.27. The number of aryl methyl sites for hydroxylation is 1. The molecule has 0 spiro atoms. The van der Waals surface area contributed by atoms with Gasteiger partial charge in [-0.2, -0.15) is 0 Å². The predicted octanol–water partition coefficient (Wildman–Crippen LogP) is 5.00. The smallest absolute Gasteiger partial charge is 0.231 e. The van der Waals surface area contributed by atoms with Crippen LogP contribution in [0.3, 0.4) is 0 Å². The molecule has 0 saturated heterocycles. The first kappa shape index (κ1) is 23.9. The fraction of sp³-hybridized carbons (Fsp3) is 0.538. The van der Waals surface area contributed by atoms with Crippen molar-refractivity contribution in [3.05, 3.63) is 46.8 Å². The molecule has 1 aliphatic carbocycles. The van der Waals surface area contributed by atoms with Gasteiger partial charge in [-0.05, 0) is 72.4 Å². The summed E-state index contributed by atoms with van der Waals surface area (Å²) in [6.07, 6.45) is 6.37. The highest BCUT2D eigenvalue weighted by Gasteiger charge is 2.34. The maximum absolute atomic E-state index is 13.2. The van der Waals surface area contributed by atoms with Crippen LogP contribution in [0.15, 0.2) is 24.5 Å². The van der Waals surface area contributed by atoms with Crippen LogP contribution < -0.4 is 9.80 Å². The van der Waals surface area contributed by atoms with Crippen LogP contribution in [-0.2, 0) is 16.0 Å². The summed E-state index contributed by atoms with van der Waals surface area (Å²) in [5.41, 5.74) is 4.63. The summed E-state index contributed by atoms with van der Waals surface area (Å²) >= 11 is 0. The molecular formula is C26H36N4O2. The van der Waals surface area contributed by atoms with Crippen molar-refractivity contribution in [3.8, 4) is 0 Å². The van der Waals surface area contributed by atoms with Crippen LogP contribution in [0, 0.1) is 12.8 Å². The van der Waals surface area contributed by atoms with Gasteiger partial charge in [-0.15, -0.1) is 0 Å². The summed E-state index contributed by atoms with van der Waals surface area (Å²) in [6, 6.07) is 4.03. The standard InChI is InChI=1S/C26H36N4O2/c1-16(2)22-14-28-25(12-18(22)5)30(26(32)20-8-9-20)11-10-21-13-24(29(7)19(6)31)27-15-23(21)17(3)4/h12-17,20H,8-11H2,1-7H3. The fourth-order valence-electron chi connectivity index (χ4n) is 4.00. The minimum atomic E-state index is -0.0591. The quantitative estimate of drug-likeness (QED) is 0.584. The fourth-order valence-corrected chi connectivity index (χ4v) is 4.00. The molecule has 32 heavy (non-hydrogen) atoms. The molecule has 2 aromatic rings. The van der Waals surface area contributed by atoms with Gasteiger partial charge in [-0.25, -0.2) is 9.97 Å². The van der Waals surface area contributed by atoms with Crippen molar-refractivity contribution in [2.45, 2.75) is 72.6 Å². The Morgan fingerprint density at radius 3 is 2.12 bits per heavy atom. The van der Waals surface area contributed by atoms with Gasteiger partial charge in [-0.1, -0.05) is 27.7 Å². The number of rotatable bonds is 8. The van der Waals surface area contributed by atoms with E-state index in [9.17, 15) is 9.59 Å². The van der Waals surface area contributed by atoms with E-state index < -0.39 is 0 Å². The molecule has 1 fully saturated rings. The van der Waals surface area contributed by atoms with Crippen molar-refractivity contribution in [3.63, 3.8) is 0 Å². The van der Waals surface area contributed by atoms with E-state index in [1.807, 2.05) is 29.4 Å². The Morgan fingerprint density at radius 1 is 1.00 bits per heavy atom. The largest absolute Gasteiger partial charge is 0.300 e. The zero-order chi connectivity index (χ0) is 23.6. The van der Waals surface area contributed by atoms with E-state index in [1.165, 1.54) is 12.5 Å². The summed E-state index contributed by atoms with van der Waals surface area (Å²) in [7, 11) is 1.73. The molecule has 1 saturated carbocycles. The minimum absolute atomic E-state index is 0.0591. The van der Waals surface area contributed by atoms with Crippen LogP contribution in [0.5, 0.6) is 0 Å². The van der Waals surface area contributed by atoms with Crippen molar-refractivity contribution in [2.24, 2.45) is 5.92 Å². The van der Waals surface area contributed by atoms with Gasteiger partial charge < -0.3 is 4.90 Å². The SMILES string of the molecule is CC(=O)N(C)c1cc(CCN(C(=O)C2CC2)c2cc(C)c(C(C)C)cn2)c(C(C)C)cn1. The first-order valence-electron chi connectivity index (χ1n) is 11.6. The molecule has 2 aromatic heterocycles. The number of carbonyl (C=O) groups excluding carboxylic acids is 2. The highest BCUT2D eigenvalue weighted by molar-refractivity contribution is 5.95. The molecule has 6 nitrogen and oxygen atoms in total. The number of aromatic nitrogens is 2. The third kappa shape index (κ3) is 5.34. The van der Waals surface area contributed by atoms with Crippen LogP contribution >= 0.6 is 0 Å². The Bertz CT molecular complexity index is 995. The van der Waals surface area contributed by atoms with Crippen molar-refractivity contribution in [1.82, 2.24) is 9.97 Å². The Kier molecular flexibility index (Phi) is 7.32. The first-order valence-corrected chi connectivity index (χ1v) is 11.6. The van der Waals surface area contributed by atoms with Crippen molar-refractivity contribution in [1.29, 1.82) is 0 Å². The molecule has 3 rings (SSSR count). The number of carbonyl (C=O) groups is 2. The van der Waals surface area contributed by atoms with Gasteiger partial charge in [0.15, 0.2) is 0 Å². The van der Waals surface area contributed by atoms with E-state index in [0.29, 0.717) is 30.6 Å². The number of hydrogen-bond donors (Lipinski definition) is 0. The highest BCUT2D eigenvalue weighted by Crippen LogP contribution is 2.33. The third-order valence-electron chi connectivity index (χ3n) is 6.28. The van der Waals surface area contributed by atoms with Gasteiger partial charge in [0.1, 0.15) is 11.6 Å². The van der Waals surface area contributed by atoms with Gasteiger partial charge in [-0.3, -0.25) is 14.5 Å². The molecule has 0 aromatic carbocycles. The monoisotopic (exact) mass is 436 g/mol. The summed E-state index contributed by atoms with van der Waals surface area (Å²) in [6.45, 7) is 12.8. The second kappa shape index (κ2) is 9.80. The summed E-state index contributed by atoms with van der Waals surface area (Å²) in [4.78, 5) is 37.6. The van der Waals surface area contributed by atoms with E-state index in [2.05, 4.69) is 44.6 Å². The maximum Gasteiger partial charge on any atom is 0.231 e. The molecule has 2 amide bonds. The van der Waals surface area contributed by atoms with Gasteiger partial charge in [0.25, 0.3) is 0 Å². The van der Waals surface area contributed by atoms with Crippen molar-refractivity contribution < 1.29 is 9.59 Å². The van der Waals surface area contributed by atoms with Crippen LogP contribution in [0.25, 0.3) is 0 Å². The maximum atomic E-state index is 13.2.